The Hall–Kier alpha value is -2.01. The lowest BCUT2D eigenvalue weighted by Gasteiger charge is -2.36. The maximum atomic E-state index is 11.5. The van der Waals surface area contributed by atoms with Gasteiger partial charge in [0.2, 0.25) is 5.95 Å². The molecule has 0 saturated carbocycles. The third kappa shape index (κ3) is 1.64. The van der Waals surface area contributed by atoms with Crippen LogP contribution in [-0.4, -0.2) is 20.2 Å². The van der Waals surface area contributed by atoms with E-state index in [1.165, 1.54) is 11.8 Å². The van der Waals surface area contributed by atoms with E-state index in [1.54, 1.807) is 13.1 Å². The summed E-state index contributed by atoms with van der Waals surface area (Å²) in [5.41, 5.74) is 0.867. The second-order valence-corrected chi connectivity index (χ2v) is 6.69. The van der Waals surface area contributed by atoms with Crippen molar-refractivity contribution in [1.29, 1.82) is 0 Å². The van der Waals surface area contributed by atoms with Gasteiger partial charge in [0.25, 0.3) is 0 Å². The molecule has 0 saturated heterocycles. The number of thioether (sulfide) groups is 1. The molecule has 0 radical (unpaired) electrons. The molecule has 4 rings (SSSR count). The van der Waals surface area contributed by atoms with E-state index >= 15 is 0 Å². The molecular weight excluding hydrogens is 282 g/mol. The molecule has 5 heteroatoms. The fraction of sp³-hybridized carbons (Fsp3) is 0.250. The number of hydrogen-bond acceptors (Lipinski definition) is 4. The lowest BCUT2D eigenvalue weighted by atomic mass is 9.85. The van der Waals surface area contributed by atoms with Gasteiger partial charge in [-0.05, 0) is 29.8 Å². The summed E-state index contributed by atoms with van der Waals surface area (Å²) in [5.74, 6) is 1.24. The molecule has 21 heavy (non-hydrogen) atoms. The predicted molar refractivity (Wildman–Crippen MR) is 84.8 cm³/mol. The minimum Gasteiger partial charge on any atom is -0.300 e. The van der Waals surface area contributed by atoms with Crippen LogP contribution in [0.15, 0.2) is 53.9 Å². The second kappa shape index (κ2) is 4.24. The molecule has 0 amide bonds. The quantitative estimate of drug-likeness (QED) is 0.589. The summed E-state index contributed by atoms with van der Waals surface area (Å²) in [7, 11) is 0. The Morgan fingerprint density at radius 1 is 1.38 bits per heavy atom. The zero-order chi connectivity index (χ0) is 14.6. The first-order valence-electron chi connectivity index (χ1n) is 6.95. The maximum absolute atomic E-state index is 11.5. The van der Waals surface area contributed by atoms with Crippen LogP contribution in [0.4, 0.5) is 5.95 Å². The number of carbonyl (C=O) groups excluding carboxylic acids is 1. The molecule has 4 nitrogen and oxygen atoms in total. The molecule has 2 atom stereocenters. The maximum Gasteiger partial charge on any atom is 0.216 e. The molecule has 1 aromatic heterocycles. The van der Waals surface area contributed by atoms with Crippen LogP contribution in [-0.2, 0) is 4.79 Å². The Bertz CT molecular complexity index is 756. The van der Waals surface area contributed by atoms with Crippen molar-refractivity contribution >= 4 is 28.5 Å². The molecule has 3 heterocycles. The molecule has 0 N–H and O–H groups in total. The highest BCUT2D eigenvalue weighted by atomic mass is 32.2. The van der Waals surface area contributed by atoms with Gasteiger partial charge >= 0.3 is 0 Å². The first-order valence-corrected chi connectivity index (χ1v) is 7.77. The zero-order valence-corrected chi connectivity index (χ0v) is 12.7. The molecule has 1 aromatic rings. The van der Waals surface area contributed by atoms with Crippen LogP contribution < -0.4 is 4.90 Å². The van der Waals surface area contributed by atoms with Crippen molar-refractivity contribution in [2.24, 2.45) is 5.92 Å². The van der Waals surface area contributed by atoms with Gasteiger partial charge in [-0.3, -0.25) is 14.3 Å². The number of rotatable bonds is 1. The number of aromatic nitrogens is 2. The predicted octanol–water partition coefficient (Wildman–Crippen LogP) is 3.21. The Balaban J connectivity index is 1.94. The average molecular weight is 297 g/mol. The minimum absolute atomic E-state index is 0.0720. The summed E-state index contributed by atoms with van der Waals surface area (Å²) in [6.07, 6.45) is 16.8. The third-order valence-electron chi connectivity index (χ3n) is 4.00. The van der Waals surface area contributed by atoms with Crippen LogP contribution in [0.3, 0.4) is 0 Å². The highest BCUT2D eigenvalue weighted by Gasteiger charge is 2.48. The Kier molecular flexibility index (Phi) is 2.57. The number of imidazole rings is 1. The number of carbonyl (C=O) groups is 1. The molecule has 1 aliphatic carbocycles. The van der Waals surface area contributed by atoms with Crippen LogP contribution in [0.1, 0.15) is 13.8 Å². The van der Waals surface area contributed by atoms with Crippen LogP contribution in [0.25, 0.3) is 5.70 Å². The van der Waals surface area contributed by atoms with E-state index in [4.69, 9.17) is 0 Å². The topological polar surface area (TPSA) is 38.1 Å². The van der Waals surface area contributed by atoms with E-state index in [9.17, 15) is 4.79 Å². The molecular formula is C16H15N3OS. The molecule has 106 valence electrons. The molecule has 2 aliphatic heterocycles. The minimum atomic E-state index is -0.295. The van der Waals surface area contributed by atoms with Crippen molar-refractivity contribution in [3.05, 3.63) is 48.9 Å². The van der Waals surface area contributed by atoms with Crippen molar-refractivity contribution in [3.63, 3.8) is 0 Å². The number of fused-ring (bicyclic) bond motifs is 3. The highest BCUT2D eigenvalue weighted by Crippen LogP contribution is 2.49. The molecule has 0 fully saturated rings. The van der Waals surface area contributed by atoms with Crippen LogP contribution in [0.2, 0.25) is 0 Å². The largest absolute Gasteiger partial charge is 0.300 e. The van der Waals surface area contributed by atoms with Crippen molar-refractivity contribution in [2.45, 2.75) is 24.4 Å². The Labute approximate surface area is 127 Å². The van der Waals surface area contributed by atoms with Crippen molar-refractivity contribution in [1.82, 2.24) is 9.55 Å². The van der Waals surface area contributed by atoms with E-state index in [1.807, 2.05) is 12.3 Å². The normalized spacial score (nSPS) is 28.2. The first kappa shape index (κ1) is 12.7. The molecule has 3 aliphatic rings. The van der Waals surface area contributed by atoms with Gasteiger partial charge in [0.15, 0.2) is 5.12 Å². The van der Waals surface area contributed by atoms with Crippen molar-refractivity contribution in [3.8, 4) is 0 Å². The monoisotopic (exact) mass is 297 g/mol. The van der Waals surface area contributed by atoms with E-state index < -0.39 is 0 Å². The smallest absolute Gasteiger partial charge is 0.216 e. The lowest BCUT2D eigenvalue weighted by molar-refractivity contribution is -0.109. The highest BCUT2D eigenvalue weighted by molar-refractivity contribution is 8.13. The van der Waals surface area contributed by atoms with Gasteiger partial charge in [0.1, 0.15) is 10.6 Å². The molecule has 0 aromatic carbocycles. The third-order valence-corrected chi connectivity index (χ3v) is 4.78. The summed E-state index contributed by atoms with van der Waals surface area (Å²) in [5, 5.41) is 0.949. The number of allylic oxidation sites excluding steroid dienone is 4. The second-order valence-electron chi connectivity index (χ2n) is 5.49. The summed E-state index contributed by atoms with van der Waals surface area (Å²) < 4.78 is 2.10. The van der Waals surface area contributed by atoms with Gasteiger partial charge in [-0.25, -0.2) is 4.98 Å². The number of hydrogen-bond donors (Lipinski definition) is 0. The first-order chi connectivity index (χ1) is 10.1. The van der Waals surface area contributed by atoms with Gasteiger partial charge in [0.05, 0.1) is 11.9 Å². The zero-order valence-electron chi connectivity index (χ0n) is 11.9. The fourth-order valence-electron chi connectivity index (χ4n) is 3.14. The van der Waals surface area contributed by atoms with Crippen LogP contribution in [0.5, 0.6) is 0 Å². The van der Waals surface area contributed by atoms with Crippen molar-refractivity contribution < 1.29 is 4.79 Å². The van der Waals surface area contributed by atoms with Gasteiger partial charge < -0.3 is 0 Å². The van der Waals surface area contributed by atoms with E-state index in [2.05, 4.69) is 51.8 Å². The van der Waals surface area contributed by atoms with Crippen molar-refractivity contribution in [2.75, 3.05) is 4.90 Å². The standard InChI is InChI=1S/C16H15N3OS/c1-11-5-7-16-6-3-4-8-18(16)15-17-10-14(21-12(2)20)19(15)13(16)9-11/h3-11H,1-2H3. The van der Waals surface area contributed by atoms with Crippen LogP contribution in [0, 0.1) is 5.92 Å². The van der Waals surface area contributed by atoms with E-state index in [0.29, 0.717) is 5.92 Å². The lowest BCUT2D eigenvalue weighted by Crippen LogP contribution is -2.42. The fourth-order valence-corrected chi connectivity index (χ4v) is 3.81. The van der Waals surface area contributed by atoms with Gasteiger partial charge in [0, 0.05) is 13.1 Å². The van der Waals surface area contributed by atoms with E-state index in [-0.39, 0.29) is 10.7 Å². The number of anilines is 1. The molecule has 0 bridgehead atoms. The van der Waals surface area contributed by atoms with Crippen LogP contribution >= 0.6 is 11.8 Å². The summed E-state index contributed by atoms with van der Waals surface area (Å²) in [4.78, 5) is 18.2. The number of nitrogens with zero attached hydrogens (tertiary/aromatic N) is 3. The Morgan fingerprint density at radius 2 is 2.24 bits per heavy atom. The Morgan fingerprint density at radius 3 is 3.05 bits per heavy atom. The van der Waals surface area contributed by atoms with E-state index in [0.717, 1.165) is 16.7 Å². The SMILES string of the molecule is CC(=O)Sc1cnc2n1C1=CC(C)C=CC13C=CC=CN23. The van der Waals surface area contributed by atoms with Gasteiger partial charge in [-0.1, -0.05) is 31.2 Å². The van der Waals surface area contributed by atoms with Gasteiger partial charge in [-0.15, -0.1) is 0 Å². The molecule has 2 unspecified atom stereocenters. The average Bonchev–Trinajstić information content (AvgIpc) is 2.96. The summed E-state index contributed by atoms with van der Waals surface area (Å²) >= 11 is 1.23. The molecule has 1 spiro atoms. The summed E-state index contributed by atoms with van der Waals surface area (Å²) in [6.45, 7) is 3.75. The van der Waals surface area contributed by atoms with Gasteiger partial charge in [-0.2, -0.15) is 0 Å². The summed E-state index contributed by atoms with van der Waals surface area (Å²) in [6, 6.07) is 0.